The molecule has 5 nitrogen and oxygen atoms in total. The van der Waals surface area contributed by atoms with E-state index >= 15 is 0 Å². The summed E-state index contributed by atoms with van der Waals surface area (Å²) in [5.74, 6) is 1.67. The topological polar surface area (TPSA) is 55.8 Å². The number of rotatable bonds is 7. The number of hydrogen-bond donors (Lipinski definition) is 0. The molecule has 0 unspecified atom stereocenters. The van der Waals surface area contributed by atoms with Crippen LogP contribution < -0.4 is 9.47 Å². The van der Waals surface area contributed by atoms with Crippen molar-refractivity contribution in [2.75, 3.05) is 13.2 Å². The van der Waals surface area contributed by atoms with Gasteiger partial charge in [0, 0.05) is 5.02 Å². The van der Waals surface area contributed by atoms with E-state index in [9.17, 15) is 9.59 Å². The lowest BCUT2D eigenvalue weighted by atomic mass is 10.2. The van der Waals surface area contributed by atoms with Crippen LogP contribution >= 0.6 is 23.4 Å². The van der Waals surface area contributed by atoms with Crippen molar-refractivity contribution in [2.24, 2.45) is 0 Å². The SMILES string of the molecule is O=C1S/C(=C\c2cccc(Oc3ccccc3)c2)C(=O)N1CCOc1ccc(Cl)cc1. The first-order chi connectivity index (χ1) is 15.1. The summed E-state index contributed by atoms with van der Waals surface area (Å²) < 4.78 is 11.4. The van der Waals surface area contributed by atoms with Gasteiger partial charge in [-0.25, -0.2) is 0 Å². The summed E-state index contributed by atoms with van der Waals surface area (Å²) in [7, 11) is 0. The molecule has 0 aromatic heterocycles. The summed E-state index contributed by atoms with van der Waals surface area (Å²) in [6.45, 7) is 0.370. The van der Waals surface area contributed by atoms with Crippen molar-refractivity contribution in [3.05, 3.63) is 94.4 Å². The summed E-state index contributed by atoms with van der Waals surface area (Å²) in [6.07, 6.45) is 1.70. The van der Waals surface area contributed by atoms with Crippen molar-refractivity contribution in [1.82, 2.24) is 4.90 Å². The zero-order chi connectivity index (χ0) is 21.6. The zero-order valence-corrected chi connectivity index (χ0v) is 17.9. The Bertz CT molecular complexity index is 1120. The normalized spacial score (nSPS) is 14.9. The Morgan fingerprint density at radius 3 is 2.39 bits per heavy atom. The number of carbonyl (C=O) groups excluding carboxylic acids is 2. The maximum atomic E-state index is 12.7. The molecule has 0 spiro atoms. The molecule has 31 heavy (non-hydrogen) atoms. The quantitative estimate of drug-likeness (QED) is 0.397. The van der Waals surface area contributed by atoms with Gasteiger partial charge >= 0.3 is 0 Å². The van der Waals surface area contributed by atoms with E-state index in [2.05, 4.69) is 0 Å². The predicted molar refractivity (Wildman–Crippen MR) is 123 cm³/mol. The summed E-state index contributed by atoms with van der Waals surface area (Å²) in [4.78, 5) is 26.6. The average Bonchev–Trinajstić information content (AvgIpc) is 3.03. The number of nitrogens with zero attached hydrogens (tertiary/aromatic N) is 1. The molecule has 3 aromatic rings. The van der Waals surface area contributed by atoms with E-state index in [-0.39, 0.29) is 24.3 Å². The highest BCUT2D eigenvalue weighted by Crippen LogP contribution is 2.33. The first kappa shape index (κ1) is 21.0. The first-order valence-electron chi connectivity index (χ1n) is 9.55. The van der Waals surface area contributed by atoms with Crippen LogP contribution in [0.4, 0.5) is 4.79 Å². The third kappa shape index (κ3) is 5.48. The molecule has 1 aliphatic rings. The summed E-state index contributed by atoms with van der Waals surface area (Å²) >= 11 is 6.77. The van der Waals surface area contributed by atoms with Crippen LogP contribution in [0.2, 0.25) is 5.02 Å². The summed E-state index contributed by atoms with van der Waals surface area (Å²) in [5, 5.41) is 0.300. The molecule has 1 aliphatic heterocycles. The number of halogens is 1. The summed E-state index contributed by atoms with van der Waals surface area (Å²) in [5.41, 5.74) is 0.774. The number of benzene rings is 3. The Labute approximate surface area is 189 Å². The Balaban J connectivity index is 1.39. The van der Waals surface area contributed by atoms with E-state index in [1.807, 2.05) is 54.6 Å². The predicted octanol–water partition coefficient (Wildman–Crippen LogP) is 6.25. The van der Waals surface area contributed by atoms with Crippen LogP contribution in [-0.2, 0) is 4.79 Å². The average molecular weight is 452 g/mol. The molecular weight excluding hydrogens is 434 g/mol. The molecule has 1 saturated heterocycles. The van der Waals surface area contributed by atoms with Crippen LogP contribution in [0, 0.1) is 0 Å². The Kier molecular flexibility index (Phi) is 6.60. The van der Waals surface area contributed by atoms with Crippen LogP contribution in [0.5, 0.6) is 17.2 Å². The molecule has 4 rings (SSSR count). The number of ether oxygens (including phenoxy) is 2. The van der Waals surface area contributed by atoms with E-state index in [4.69, 9.17) is 21.1 Å². The van der Waals surface area contributed by atoms with Crippen molar-refractivity contribution < 1.29 is 19.1 Å². The molecule has 0 N–H and O–H groups in total. The van der Waals surface area contributed by atoms with E-state index in [1.54, 1.807) is 30.3 Å². The second kappa shape index (κ2) is 9.73. The second-order valence-electron chi connectivity index (χ2n) is 6.62. The van der Waals surface area contributed by atoms with Gasteiger partial charge < -0.3 is 9.47 Å². The third-order valence-electron chi connectivity index (χ3n) is 4.41. The van der Waals surface area contributed by atoms with Gasteiger partial charge in [0.1, 0.15) is 23.9 Å². The largest absolute Gasteiger partial charge is 0.492 e. The fourth-order valence-electron chi connectivity index (χ4n) is 2.92. The van der Waals surface area contributed by atoms with Crippen LogP contribution in [0.3, 0.4) is 0 Å². The highest BCUT2D eigenvalue weighted by Gasteiger charge is 2.34. The van der Waals surface area contributed by atoms with E-state index < -0.39 is 0 Å². The van der Waals surface area contributed by atoms with Crippen molar-refractivity contribution in [3.8, 4) is 17.2 Å². The Morgan fingerprint density at radius 2 is 1.61 bits per heavy atom. The minimum Gasteiger partial charge on any atom is -0.492 e. The fourth-order valence-corrected chi connectivity index (χ4v) is 3.91. The van der Waals surface area contributed by atoms with E-state index in [1.165, 1.54) is 4.90 Å². The van der Waals surface area contributed by atoms with E-state index in [0.29, 0.717) is 21.4 Å². The minimum absolute atomic E-state index is 0.168. The number of amides is 2. The van der Waals surface area contributed by atoms with Crippen LogP contribution in [-0.4, -0.2) is 29.2 Å². The molecule has 0 saturated carbocycles. The smallest absolute Gasteiger partial charge is 0.293 e. The van der Waals surface area contributed by atoms with Gasteiger partial charge in [0.2, 0.25) is 0 Å². The fraction of sp³-hybridized carbons (Fsp3) is 0.0833. The second-order valence-corrected chi connectivity index (χ2v) is 8.05. The van der Waals surface area contributed by atoms with Crippen molar-refractivity contribution in [3.63, 3.8) is 0 Å². The summed E-state index contributed by atoms with van der Waals surface area (Å²) in [6, 6.07) is 23.7. The van der Waals surface area contributed by atoms with Crippen LogP contribution in [0.25, 0.3) is 6.08 Å². The van der Waals surface area contributed by atoms with Gasteiger partial charge in [-0.05, 0) is 71.9 Å². The van der Waals surface area contributed by atoms with Crippen molar-refractivity contribution in [2.45, 2.75) is 0 Å². The molecule has 0 radical (unpaired) electrons. The number of thioether (sulfide) groups is 1. The van der Waals surface area contributed by atoms with Gasteiger partial charge in [-0.1, -0.05) is 41.9 Å². The van der Waals surface area contributed by atoms with Crippen molar-refractivity contribution >= 4 is 40.6 Å². The van der Waals surface area contributed by atoms with Crippen LogP contribution in [0.15, 0.2) is 83.8 Å². The molecule has 7 heteroatoms. The van der Waals surface area contributed by atoms with Gasteiger partial charge in [0.25, 0.3) is 11.1 Å². The monoisotopic (exact) mass is 451 g/mol. The highest BCUT2D eigenvalue weighted by atomic mass is 35.5. The van der Waals surface area contributed by atoms with Gasteiger partial charge in [0.15, 0.2) is 0 Å². The third-order valence-corrected chi connectivity index (χ3v) is 5.56. The number of imide groups is 1. The molecule has 1 fully saturated rings. The van der Waals surface area contributed by atoms with Gasteiger partial charge in [-0.15, -0.1) is 0 Å². The lowest BCUT2D eigenvalue weighted by Gasteiger charge is -2.13. The van der Waals surface area contributed by atoms with E-state index in [0.717, 1.165) is 23.1 Å². The first-order valence-corrected chi connectivity index (χ1v) is 10.7. The Morgan fingerprint density at radius 1 is 0.871 bits per heavy atom. The highest BCUT2D eigenvalue weighted by molar-refractivity contribution is 8.18. The van der Waals surface area contributed by atoms with Gasteiger partial charge in [0.05, 0.1) is 11.4 Å². The zero-order valence-electron chi connectivity index (χ0n) is 16.4. The molecule has 156 valence electrons. The molecular formula is C24H18ClNO4S. The standard InChI is InChI=1S/C24H18ClNO4S/c25-18-9-11-19(12-10-18)29-14-13-26-23(27)22(31-24(26)28)16-17-5-4-8-21(15-17)30-20-6-2-1-3-7-20/h1-12,15-16H,13-14H2/b22-16-. The maximum absolute atomic E-state index is 12.7. The lowest BCUT2D eigenvalue weighted by Crippen LogP contribution is -2.32. The van der Waals surface area contributed by atoms with Crippen LogP contribution in [0.1, 0.15) is 5.56 Å². The Hall–Kier alpha value is -3.22. The molecule has 0 bridgehead atoms. The number of hydrogen-bond acceptors (Lipinski definition) is 5. The molecule has 2 amide bonds. The lowest BCUT2D eigenvalue weighted by molar-refractivity contribution is -0.123. The molecule has 0 atom stereocenters. The van der Waals surface area contributed by atoms with Gasteiger partial charge in [-0.2, -0.15) is 0 Å². The van der Waals surface area contributed by atoms with Gasteiger partial charge in [-0.3, -0.25) is 14.5 Å². The molecule has 0 aliphatic carbocycles. The number of para-hydroxylation sites is 1. The maximum Gasteiger partial charge on any atom is 0.293 e. The van der Waals surface area contributed by atoms with Crippen molar-refractivity contribution in [1.29, 1.82) is 0 Å². The molecule has 1 heterocycles. The minimum atomic E-state index is -0.330. The molecule has 3 aromatic carbocycles. The number of carbonyl (C=O) groups is 2.